The molecule has 1 aliphatic rings. The summed E-state index contributed by atoms with van der Waals surface area (Å²) in [6.45, 7) is 4.65. The molecule has 1 aromatic rings. The summed E-state index contributed by atoms with van der Waals surface area (Å²) in [5.41, 5.74) is 1.01. The number of aliphatic hydroxyl groups excluding tert-OH is 1. The molecule has 2 rings (SSSR count). The molecule has 1 aliphatic heterocycles. The summed E-state index contributed by atoms with van der Waals surface area (Å²) < 4.78 is 33.8. The molecule has 1 unspecified atom stereocenters. The van der Waals surface area contributed by atoms with Gasteiger partial charge in [-0.3, -0.25) is 4.68 Å². The highest BCUT2D eigenvalue weighted by Crippen LogP contribution is 2.24. The van der Waals surface area contributed by atoms with Gasteiger partial charge in [-0.05, 0) is 26.7 Å². The molecule has 0 bridgehead atoms. The molecule has 1 atom stereocenters. The maximum atomic E-state index is 12.7. The molecule has 1 saturated heterocycles. The lowest BCUT2D eigenvalue weighted by atomic mass is 10.2. The van der Waals surface area contributed by atoms with Gasteiger partial charge in [-0.15, -0.1) is 0 Å². The first-order valence-electron chi connectivity index (χ1n) is 7.10. The van der Waals surface area contributed by atoms with Crippen molar-refractivity contribution in [3.63, 3.8) is 0 Å². The Morgan fingerprint density at radius 3 is 2.76 bits per heavy atom. The summed E-state index contributed by atoms with van der Waals surface area (Å²) in [5, 5.41) is 13.2. The molecule has 8 heteroatoms. The number of hydrogen-bond acceptors (Lipinski definition) is 5. The minimum atomic E-state index is -3.60. The van der Waals surface area contributed by atoms with Gasteiger partial charge in [0.2, 0.25) is 10.0 Å². The SMILES string of the molecule is Cc1nn(CCO)c(C)c1S(=O)(=O)N(C)CC1CCCO1. The lowest BCUT2D eigenvalue weighted by Crippen LogP contribution is -2.34. The number of nitrogens with zero attached hydrogens (tertiary/aromatic N) is 3. The molecule has 21 heavy (non-hydrogen) atoms. The first kappa shape index (κ1) is 16.4. The second-order valence-electron chi connectivity index (χ2n) is 5.37. The zero-order valence-electron chi connectivity index (χ0n) is 12.7. The maximum absolute atomic E-state index is 12.7. The van der Waals surface area contributed by atoms with Crippen molar-refractivity contribution in [1.82, 2.24) is 14.1 Å². The number of aliphatic hydroxyl groups is 1. The predicted molar refractivity (Wildman–Crippen MR) is 77.6 cm³/mol. The van der Waals surface area contributed by atoms with Gasteiger partial charge in [0.25, 0.3) is 0 Å². The molecule has 0 aromatic carbocycles. The van der Waals surface area contributed by atoms with E-state index < -0.39 is 10.0 Å². The summed E-state index contributed by atoms with van der Waals surface area (Å²) in [6, 6.07) is 0. The minimum Gasteiger partial charge on any atom is -0.394 e. The Morgan fingerprint density at radius 2 is 2.19 bits per heavy atom. The molecule has 2 heterocycles. The van der Waals surface area contributed by atoms with Gasteiger partial charge in [-0.1, -0.05) is 0 Å². The summed E-state index contributed by atoms with van der Waals surface area (Å²) in [4.78, 5) is 0.233. The molecule has 120 valence electrons. The van der Waals surface area contributed by atoms with Crippen LogP contribution in [0, 0.1) is 13.8 Å². The van der Waals surface area contributed by atoms with Crippen LogP contribution in [0.15, 0.2) is 4.90 Å². The number of aromatic nitrogens is 2. The molecule has 1 aromatic heterocycles. The lowest BCUT2D eigenvalue weighted by molar-refractivity contribution is 0.0978. The van der Waals surface area contributed by atoms with Crippen molar-refractivity contribution in [3.05, 3.63) is 11.4 Å². The Kier molecular flexibility index (Phi) is 5.03. The average Bonchev–Trinajstić information content (AvgIpc) is 2.99. The first-order valence-corrected chi connectivity index (χ1v) is 8.54. The van der Waals surface area contributed by atoms with E-state index in [4.69, 9.17) is 9.84 Å². The third-order valence-corrected chi connectivity index (χ3v) is 5.86. The zero-order valence-corrected chi connectivity index (χ0v) is 13.6. The van der Waals surface area contributed by atoms with Crippen LogP contribution < -0.4 is 0 Å². The van der Waals surface area contributed by atoms with E-state index in [-0.39, 0.29) is 24.2 Å². The van der Waals surface area contributed by atoms with Crippen molar-refractivity contribution < 1.29 is 18.3 Å². The normalized spacial score (nSPS) is 19.6. The summed E-state index contributed by atoms with van der Waals surface area (Å²) in [7, 11) is -2.03. The van der Waals surface area contributed by atoms with Crippen molar-refractivity contribution in [1.29, 1.82) is 0 Å². The number of aryl methyl sites for hydroxylation is 1. The molecule has 0 radical (unpaired) electrons. The summed E-state index contributed by atoms with van der Waals surface area (Å²) in [6.07, 6.45) is 1.84. The number of rotatable bonds is 6. The minimum absolute atomic E-state index is 0.0297. The van der Waals surface area contributed by atoms with Gasteiger partial charge in [-0.25, -0.2) is 8.42 Å². The quantitative estimate of drug-likeness (QED) is 0.815. The van der Waals surface area contributed by atoms with Gasteiger partial charge < -0.3 is 9.84 Å². The second kappa shape index (κ2) is 6.43. The molecule has 1 fully saturated rings. The first-order chi connectivity index (χ1) is 9.87. The van der Waals surface area contributed by atoms with Gasteiger partial charge in [0, 0.05) is 20.2 Å². The third kappa shape index (κ3) is 3.28. The Morgan fingerprint density at radius 1 is 1.48 bits per heavy atom. The summed E-state index contributed by atoms with van der Waals surface area (Å²) >= 11 is 0. The van der Waals surface area contributed by atoms with E-state index in [1.807, 2.05) is 0 Å². The number of sulfonamides is 1. The standard InChI is InChI=1S/C13H23N3O4S/c1-10-13(11(2)16(14-10)6-7-17)21(18,19)15(3)9-12-5-4-8-20-12/h12,17H,4-9H2,1-3H3. The van der Waals surface area contributed by atoms with Crippen LogP contribution in [0.1, 0.15) is 24.2 Å². The highest BCUT2D eigenvalue weighted by molar-refractivity contribution is 7.89. The Balaban J connectivity index is 2.25. The zero-order chi connectivity index (χ0) is 15.6. The Labute approximate surface area is 125 Å². The second-order valence-corrected chi connectivity index (χ2v) is 7.35. The molecule has 0 amide bonds. The van der Waals surface area contributed by atoms with E-state index in [2.05, 4.69) is 5.10 Å². The molecular weight excluding hydrogens is 294 g/mol. The largest absolute Gasteiger partial charge is 0.394 e. The predicted octanol–water partition coefficient (Wildman–Crippen LogP) is 0.292. The summed E-state index contributed by atoms with van der Waals surface area (Å²) in [5.74, 6) is 0. The van der Waals surface area contributed by atoms with Crippen LogP contribution in [0.5, 0.6) is 0 Å². The number of ether oxygens (including phenoxy) is 1. The van der Waals surface area contributed by atoms with Crippen LogP contribution in [0.4, 0.5) is 0 Å². The van der Waals surface area contributed by atoms with E-state index in [1.54, 1.807) is 20.9 Å². The van der Waals surface area contributed by atoms with Crippen molar-refractivity contribution in [2.24, 2.45) is 0 Å². The number of likely N-dealkylation sites (N-methyl/N-ethyl adjacent to an activating group) is 1. The van der Waals surface area contributed by atoms with Crippen LogP contribution in [-0.2, 0) is 21.3 Å². The van der Waals surface area contributed by atoms with Gasteiger partial charge in [0.1, 0.15) is 4.90 Å². The van der Waals surface area contributed by atoms with Gasteiger partial charge in [-0.2, -0.15) is 9.40 Å². The molecule has 1 N–H and O–H groups in total. The van der Waals surface area contributed by atoms with Crippen molar-refractivity contribution in [3.8, 4) is 0 Å². The topological polar surface area (TPSA) is 84.7 Å². The van der Waals surface area contributed by atoms with Crippen LogP contribution in [0.2, 0.25) is 0 Å². The van der Waals surface area contributed by atoms with E-state index in [9.17, 15) is 8.42 Å². The van der Waals surface area contributed by atoms with E-state index in [0.29, 0.717) is 24.5 Å². The monoisotopic (exact) mass is 317 g/mol. The highest BCUT2D eigenvalue weighted by atomic mass is 32.2. The molecule has 7 nitrogen and oxygen atoms in total. The Bertz CT molecular complexity index is 591. The fourth-order valence-electron chi connectivity index (χ4n) is 2.70. The van der Waals surface area contributed by atoms with E-state index >= 15 is 0 Å². The lowest BCUT2D eigenvalue weighted by Gasteiger charge is -2.20. The van der Waals surface area contributed by atoms with E-state index in [0.717, 1.165) is 12.8 Å². The fourth-order valence-corrected chi connectivity index (χ4v) is 4.26. The van der Waals surface area contributed by atoms with Gasteiger partial charge in [0.15, 0.2) is 0 Å². The van der Waals surface area contributed by atoms with Gasteiger partial charge in [0.05, 0.1) is 30.6 Å². The van der Waals surface area contributed by atoms with Crippen LogP contribution in [-0.4, -0.2) is 60.5 Å². The Hall–Kier alpha value is -0.960. The maximum Gasteiger partial charge on any atom is 0.246 e. The van der Waals surface area contributed by atoms with Gasteiger partial charge >= 0.3 is 0 Å². The molecule has 0 aliphatic carbocycles. The van der Waals surface area contributed by atoms with Crippen LogP contribution in [0.3, 0.4) is 0 Å². The number of hydrogen-bond donors (Lipinski definition) is 1. The fraction of sp³-hybridized carbons (Fsp3) is 0.769. The van der Waals surface area contributed by atoms with Crippen LogP contribution in [0.25, 0.3) is 0 Å². The van der Waals surface area contributed by atoms with Crippen molar-refractivity contribution >= 4 is 10.0 Å². The van der Waals surface area contributed by atoms with E-state index in [1.165, 1.54) is 8.99 Å². The smallest absolute Gasteiger partial charge is 0.246 e. The van der Waals surface area contributed by atoms with Crippen LogP contribution >= 0.6 is 0 Å². The third-order valence-electron chi connectivity index (χ3n) is 3.78. The highest BCUT2D eigenvalue weighted by Gasteiger charge is 2.31. The molecule has 0 saturated carbocycles. The van der Waals surface area contributed by atoms with Crippen molar-refractivity contribution in [2.75, 3.05) is 26.8 Å². The average molecular weight is 317 g/mol. The molecular formula is C13H23N3O4S. The van der Waals surface area contributed by atoms with Crippen molar-refractivity contribution in [2.45, 2.75) is 44.2 Å². The molecule has 0 spiro atoms.